The molecule has 3 heterocycles. The van der Waals surface area contributed by atoms with Crippen LogP contribution in [0.1, 0.15) is 23.7 Å². The topological polar surface area (TPSA) is 63.0 Å². The van der Waals surface area contributed by atoms with E-state index in [1.54, 1.807) is 18.1 Å². The molecule has 6 heteroatoms. The number of hydrogen-bond donors (Lipinski definition) is 0. The smallest absolute Gasteiger partial charge is 0.257 e. The molecule has 2 fully saturated rings. The molecule has 2 saturated heterocycles. The van der Waals surface area contributed by atoms with Gasteiger partial charge in [0.15, 0.2) is 0 Å². The lowest BCUT2D eigenvalue weighted by molar-refractivity contribution is -0.137. The van der Waals surface area contributed by atoms with Gasteiger partial charge in [-0.05, 0) is 18.4 Å². The first kappa shape index (κ1) is 15.1. The first-order valence-electron chi connectivity index (χ1n) is 7.68. The minimum Gasteiger partial charge on any atom is -0.472 e. The Hall–Kier alpha value is -1.82. The van der Waals surface area contributed by atoms with Crippen LogP contribution in [0.25, 0.3) is 0 Å². The second-order valence-electron chi connectivity index (χ2n) is 6.29. The van der Waals surface area contributed by atoms with Crippen LogP contribution < -0.4 is 0 Å². The molecule has 120 valence electrons. The summed E-state index contributed by atoms with van der Waals surface area (Å²) in [6.45, 7) is 5.11. The zero-order valence-corrected chi connectivity index (χ0v) is 13.1. The van der Waals surface area contributed by atoms with E-state index in [0.717, 1.165) is 13.0 Å². The number of amides is 2. The third-order valence-electron chi connectivity index (χ3n) is 5.07. The van der Waals surface area contributed by atoms with Gasteiger partial charge in [-0.1, -0.05) is 6.92 Å². The Morgan fingerprint density at radius 3 is 3.05 bits per heavy atom. The number of likely N-dealkylation sites (tertiary alicyclic amines) is 2. The average molecular weight is 306 g/mol. The number of carbonyl (C=O) groups excluding carboxylic acids is 2. The lowest BCUT2D eigenvalue weighted by atomic mass is 9.78. The number of furan rings is 1. The van der Waals surface area contributed by atoms with E-state index in [4.69, 9.17) is 9.15 Å². The van der Waals surface area contributed by atoms with Gasteiger partial charge in [0.05, 0.1) is 23.8 Å². The monoisotopic (exact) mass is 306 g/mol. The van der Waals surface area contributed by atoms with Gasteiger partial charge in [0, 0.05) is 33.3 Å². The highest BCUT2D eigenvalue weighted by Gasteiger charge is 2.55. The minimum atomic E-state index is -0.423. The average Bonchev–Trinajstić information content (AvgIpc) is 3.21. The van der Waals surface area contributed by atoms with Crippen LogP contribution in [0.3, 0.4) is 0 Å². The Kier molecular flexibility index (Phi) is 3.95. The maximum absolute atomic E-state index is 12.8. The molecule has 0 aromatic carbocycles. The van der Waals surface area contributed by atoms with Crippen molar-refractivity contribution < 1.29 is 18.7 Å². The summed E-state index contributed by atoms with van der Waals surface area (Å²) in [5.41, 5.74) is 0.124. The van der Waals surface area contributed by atoms with Gasteiger partial charge in [-0.2, -0.15) is 0 Å². The summed E-state index contributed by atoms with van der Waals surface area (Å²) in [6, 6.07) is 1.67. The molecule has 1 spiro atoms. The van der Waals surface area contributed by atoms with Gasteiger partial charge >= 0.3 is 0 Å². The van der Waals surface area contributed by atoms with Crippen LogP contribution in [-0.2, 0) is 9.53 Å². The second-order valence-corrected chi connectivity index (χ2v) is 6.29. The highest BCUT2D eigenvalue weighted by atomic mass is 16.5. The number of methoxy groups -OCH3 is 1. The number of carbonyl (C=O) groups is 2. The van der Waals surface area contributed by atoms with E-state index in [1.165, 1.54) is 12.5 Å². The first-order chi connectivity index (χ1) is 10.6. The van der Waals surface area contributed by atoms with E-state index in [0.29, 0.717) is 31.8 Å². The molecule has 0 aliphatic carbocycles. The van der Waals surface area contributed by atoms with Crippen molar-refractivity contribution in [1.82, 2.24) is 9.80 Å². The predicted octanol–water partition coefficient (Wildman–Crippen LogP) is 1.24. The van der Waals surface area contributed by atoms with Gasteiger partial charge < -0.3 is 19.0 Å². The fourth-order valence-electron chi connectivity index (χ4n) is 3.67. The van der Waals surface area contributed by atoms with E-state index in [9.17, 15) is 9.59 Å². The Bertz CT molecular complexity index is 557. The fraction of sp³-hybridized carbons (Fsp3) is 0.625. The SMILES string of the molecule is COCCN1CC[C@@]2(CN(C(=O)c3ccoc3)C[C@@H]2C)C1=O. The van der Waals surface area contributed by atoms with E-state index in [1.807, 2.05) is 4.90 Å². The maximum Gasteiger partial charge on any atom is 0.257 e. The van der Waals surface area contributed by atoms with Gasteiger partial charge in [-0.15, -0.1) is 0 Å². The van der Waals surface area contributed by atoms with Gasteiger partial charge in [-0.3, -0.25) is 9.59 Å². The molecule has 0 bridgehead atoms. The van der Waals surface area contributed by atoms with E-state index < -0.39 is 5.41 Å². The highest BCUT2D eigenvalue weighted by molar-refractivity contribution is 5.95. The summed E-state index contributed by atoms with van der Waals surface area (Å²) >= 11 is 0. The lowest BCUT2D eigenvalue weighted by Gasteiger charge is -2.26. The standard InChI is InChI=1S/C16H22N2O4/c1-12-9-18(14(19)13-3-7-22-10-13)11-16(12)4-5-17(15(16)20)6-8-21-2/h3,7,10,12H,4-6,8-9,11H2,1-2H3/t12-,16-/m0/s1. The normalized spacial score (nSPS) is 28.1. The number of nitrogens with zero attached hydrogens (tertiary/aromatic N) is 2. The summed E-state index contributed by atoms with van der Waals surface area (Å²) in [6.07, 6.45) is 3.76. The quantitative estimate of drug-likeness (QED) is 0.839. The molecule has 0 unspecified atom stereocenters. The molecule has 22 heavy (non-hydrogen) atoms. The molecular formula is C16H22N2O4. The van der Waals surface area contributed by atoms with Crippen LogP contribution >= 0.6 is 0 Å². The molecule has 3 rings (SSSR count). The van der Waals surface area contributed by atoms with Gasteiger partial charge in [0.2, 0.25) is 5.91 Å². The molecule has 6 nitrogen and oxygen atoms in total. The molecule has 2 amide bonds. The largest absolute Gasteiger partial charge is 0.472 e. The van der Waals surface area contributed by atoms with Crippen molar-refractivity contribution in [2.45, 2.75) is 13.3 Å². The van der Waals surface area contributed by atoms with Crippen molar-refractivity contribution in [2.75, 3.05) is 39.9 Å². The predicted molar refractivity (Wildman–Crippen MR) is 79.3 cm³/mol. The van der Waals surface area contributed by atoms with Crippen molar-refractivity contribution in [3.05, 3.63) is 24.2 Å². The molecule has 0 N–H and O–H groups in total. The van der Waals surface area contributed by atoms with Crippen LogP contribution in [0.15, 0.2) is 23.0 Å². The van der Waals surface area contributed by atoms with Crippen LogP contribution in [0.4, 0.5) is 0 Å². The van der Waals surface area contributed by atoms with Crippen molar-refractivity contribution in [3.63, 3.8) is 0 Å². The molecule has 2 atom stereocenters. The Labute approximate surface area is 130 Å². The van der Waals surface area contributed by atoms with Crippen molar-refractivity contribution in [3.8, 4) is 0 Å². The third kappa shape index (κ3) is 2.31. The fourth-order valence-corrected chi connectivity index (χ4v) is 3.67. The van der Waals surface area contributed by atoms with Crippen molar-refractivity contribution in [1.29, 1.82) is 0 Å². The second kappa shape index (κ2) is 5.76. The molecule has 2 aliphatic rings. The van der Waals surface area contributed by atoms with Crippen molar-refractivity contribution >= 4 is 11.8 Å². The highest BCUT2D eigenvalue weighted by Crippen LogP contribution is 2.44. The molecule has 1 aromatic heterocycles. The minimum absolute atomic E-state index is 0.0550. The zero-order valence-electron chi connectivity index (χ0n) is 13.1. The van der Waals surface area contributed by atoms with Gasteiger partial charge in [0.25, 0.3) is 5.91 Å². The molecule has 2 aliphatic heterocycles. The first-order valence-corrected chi connectivity index (χ1v) is 7.68. The van der Waals surface area contributed by atoms with Crippen LogP contribution in [0, 0.1) is 11.3 Å². The van der Waals surface area contributed by atoms with E-state index in [2.05, 4.69) is 6.92 Å². The summed E-state index contributed by atoms with van der Waals surface area (Å²) in [4.78, 5) is 28.9. The maximum atomic E-state index is 12.8. The Balaban J connectivity index is 1.73. The van der Waals surface area contributed by atoms with Crippen molar-refractivity contribution in [2.24, 2.45) is 11.3 Å². The van der Waals surface area contributed by atoms with Gasteiger partial charge in [-0.25, -0.2) is 0 Å². The molecule has 1 aromatic rings. The van der Waals surface area contributed by atoms with E-state index >= 15 is 0 Å². The zero-order chi connectivity index (χ0) is 15.7. The summed E-state index contributed by atoms with van der Waals surface area (Å²) < 4.78 is 10.1. The summed E-state index contributed by atoms with van der Waals surface area (Å²) in [5, 5.41) is 0. The van der Waals surface area contributed by atoms with Gasteiger partial charge in [0.1, 0.15) is 6.26 Å². The molecular weight excluding hydrogens is 284 g/mol. The number of hydrogen-bond acceptors (Lipinski definition) is 4. The molecule has 0 radical (unpaired) electrons. The summed E-state index contributed by atoms with van der Waals surface area (Å²) in [5.74, 6) is 0.281. The van der Waals surface area contributed by atoms with Crippen LogP contribution in [0.2, 0.25) is 0 Å². The number of rotatable bonds is 4. The Morgan fingerprint density at radius 2 is 2.36 bits per heavy atom. The third-order valence-corrected chi connectivity index (χ3v) is 5.07. The molecule has 0 saturated carbocycles. The lowest BCUT2D eigenvalue weighted by Crippen LogP contribution is -2.41. The van der Waals surface area contributed by atoms with Crippen LogP contribution in [0.5, 0.6) is 0 Å². The Morgan fingerprint density at radius 1 is 1.55 bits per heavy atom. The summed E-state index contributed by atoms with van der Waals surface area (Å²) in [7, 11) is 1.64. The van der Waals surface area contributed by atoms with E-state index in [-0.39, 0.29) is 17.7 Å². The number of ether oxygens (including phenoxy) is 1. The van der Waals surface area contributed by atoms with Crippen LogP contribution in [-0.4, -0.2) is 61.5 Å².